The summed E-state index contributed by atoms with van der Waals surface area (Å²) in [5.74, 6) is 1.24. The molecular formula is C33H32N8O3. The van der Waals surface area contributed by atoms with Gasteiger partial charge in [0.25, 0.3) is 5.91 Å². The number of amides is 1. The summed E-state index contributed by atoms with van der Waals surface area (Å²) in [5, 5.41) is 12.9. The number of hydrogen-bond acceptors (Lipinski definition) is 8. The third-order valence-electron chi connectivity index (χ3n) is 8.00. The van der Waals surface area contributed by atoms with E-state index in [1.807, 2.05) is 65.3 Å². The Hall–Kier alpha value is -5.42. The standard InChI is InChI=1S/C33H32N8O3/c1-43-28-16-21(30-29-31(34)36-19-37-32(29)41(40-30)22-12-14-35-15-13-22)10-11-25(28)39-33(42)26-17-23-24(38-26)8-5-9-27(23)44-18-20-6-3-2-4-7-20/h2-11,16-17,19,22,35,38H,12-15,18H2,1H3,(H,39,42)(H2,34,36,37). The molecule has 0 unspecified atom stereocenters. The maximum absolute atomic E-state index is 13.4. The second-order valence-corrected chi connectivity index (χ2v) is 10.8. The fraction of sp³-hybridized carbons (Fsp3) is 0.212. The zero-order valence-corrected chi connectivity index (χ0v) is 24.2. The highest BCUT2D eigenvalue weighted by Crippen LogP contribution is 2.37. The van der Waals surface area contributed by atoms with Gasteiger partial charge in [0.1, 0.15) is 41.6 Å². The average Bonchev–Trinajstić information content (AvgIpc) is 3.69. The van der Waals surface area contributed by atoms with E-state index in [-0.39, 0.29) is 11.9 Å². The number of aromatic nitrogens is 5. The number of nitrogen functional groups attached to an aromatic ring is 1. The molecule has 0 radical (unpaired) electrons. The van der Waals surface area contributed by atoms with Gasteiger partial charge in [0.2, 0.25) is 0 Å². The maximum Gasteiger partial charge on any atom is 0.272 e. The van der Waals surface area contributed by atoms with Gasteiger partial charge in [-0.2, -0.15) is 5.10 Å². The lowest BCUT2D eigenvalue weighted by Crippen LogP contribution is -2.30. The Kier molecular flexibility index (Phi) is 7.29. The van der Waals surface area contributed by atoms with E-state index < -0.39 is 0 Å². The van der Waals surface area contributed by atoms with Gasteiger partial charge in [-0.3, -0.25) is 4.79 Å². The van der Waals surface area contributed by atoms with Crippen LogP contribution in [0.25, 0.3) is 33.2 Å². The third-order valence-corrected chi connectivity index (χ3v) is 8.00. The van der Waals surface area contributed by atoms with Crippen molar-refractivity contribution in [2.45, 2.75) is 25.5 Å². The summed E-state index contributed by atoms with van der Waals surface area (Å²) in [5.41, 5.74) is 11.3. The molecule has 1 aliphatic rings. The van der Waals surface area contributed by atoms with E-state index in [1.165, 1.54) is 6.33 Å². The first kappa shape index (κ1) is 27.4. The summed E-state index contributed by atoms with van der Waals surface area (Å²) >= 11 is 0. The summed E-state index contributed by atoms with van der Waals surface area (Å²) in [6.45, 7) is 2.27. The van der Waals surface area contributed by atoms with Crippen LogP contribution in [0.1, 0.15) is 34.9 Å². The molecule has 11 heteroatoms. The molecule has 7 rings (SSSR count). The van der Waals surface area contributed by atoms with E-state index in [4.69, 9.17) is 20.3 Å². The van der Waals surface area contributed by atoms with Crippen molar-refractivity contribution in [1.29, 1.82) is 0 Å². The number of H-pyrrole nitrogens is 1. The van der Waals surface area contributed by atoms with Crippen molar-refractivity contribution < 1.29 is 14.3 Å². The third kappa shape index (κ3) is 5.18. The molecule has 4 heterocycles. The highest BCUT2D eigenvalue weighted by molar-refractivity contribution is 6.07. The zero-order chi connectivity index (χ0) is 30.0. The maximum atomic E-state index is 13.4. The highest BCUT2D eigenvalue weighted by atomic mass is 16.5. The molecule has 1 saturated heterocycles. The number of aromatic amines is 1. The minimum atomic E-state index is -0.306. The Morgan fingerprint density at radius 3 is 2.68 bits per heavy atom. The molecule has 1 fully saturated rings. The summed E-state index contributed by atoms with van der Waals surface area (Å²) in [6.07, 6.45) is 3.37. The molecular weight excluding hydrogens is 556 g/mol. The predicted molar refractivity (Wildman–Crippen MR) is 170 cm³/mol. The average molecular weight is 589 g/mol. The Morgan fingerprint density at radius 2 is 1.86 bits per heavy atom. The van der Waals surface area contributed by atoms with Crippen molar-refractivity contribution in [1.82, 2.24) is 30.0 Å². The molecule has 3 aromatic heterocycles. The normalized spacial score (nSPS) is 13.8. The van der Waals surface area contributed by atoms with Crippen molar-refractivity contribution in [3.05, 3.63) is 90.4 Å². The van der Waals surface area contributed by atoms with Crippen LogP contribution in [0.3, 0.4) is 0 Å². The van der Waals surface area contributed by atoms with Gasteiger partial charge in [-0.15, -0.1) is 0 Å². The van der Waals surface area contributed by atoms with Crippen LogP contribution in [0.2, 0.25) is 0 Å². The van der Waals surface area contributed by atoms with Crippen molar-refractivity contribution in [3.63, 3.8) is 0 Å². The van der Waals surface area contributed by atoms with Gasteiger partial charge in [-0.25, -0.2) is 14.6 Å². The lowest BCUT2D eigenvalue weighted by molar-refractivity contribution is 0.102. The number of nitrogens with two attached hydrogens (primary N) is 1. The number of hydrogen-bond donors (Lipinski definition) is 4. The summed E-state index contributed by atoms with van der Waals surface area (Å²) in [4.78, 5) is 25.4. The van der Waals surface area contributed by atoms with Crippen LogP contribution in [0.5, 0.6) is 11.5 Å². The molecule has 1 amide bonds. The second-order valence-electron chi connectivity index (χ2n) is 10.8. The van der Waals surface area contributed by atoms with Gasteiger partial charge in [0.05, 0.1) is 24.2 Å². The largest absolute Gasteiger partial charge is 0.495 e. The summed E-state index contributed by atoms with van der Waals surface area (Å²) in [7, 11) is 1.57. The van der Waals surface area contributed by atoms with Gasteiger partial charge in [-0.1, -0.05) is 42.5 Å². The number of ether oxygens (including phenoxy) is 2. The first-order valence-corrected chi connectivity index (χ1v) is 14.6. The number of carbonyl (C=O) groups excluding carboxylic acids is 1. The Balaban J connectivity index is 1.16. The monoisotopic (exact) mass is 588 g/mol. The highest BCUT2D eigenvalue weighted by Gasteiger charge is 2.24. The smallest absolute Gasteiger partial charge is 0.272 e. The number of methoxy groups -OCH3 is 1. The minimum Gasteiger partial charge on any atom is -0.495 e. The number of nitrogens with one attached hydrogen (secondary N) is 3. The molecule has 0 aliphatic carbocycles. The summed E-state index contributed by atoms with van der Waals surface area (Å²) in [6, 6.07) is 23.2. The van der Waals surface area contributed by atoms with E-state index in [9.17, 15) is 4.79 Å². The SMILES string of the molecule is COc1cc(-c2nn(C3CCNCC3)c3ncnc(N)c23)ccc1NC(=O)c1cc2c(OCc3ccccc3)cccc2[nH]1. The molecule has 44 heavy (non-hydrogen) atoms. The fourth-order valence-electron chi connectivity index (χ4n) is 5.75. The van der Waals surface area contributed by atoms with Crippen molar-refractivity contribution in [3.8, 4) is 22.8 Å². The van der Waals surface area contributed by atoms with E-state index in [0.717, 1.165) is 48.0 Å². The molecule has 0 saturated carbocycles. The van der Waals surface area contributed by atoms with Crippen LogP contribution in [0, 0.1) is 0 Å². The van der Waals surface area contributed by atoms with Crippen molar-refractivity contribution >= 4 is 39.3 Å². The molecule has 222 valence electrons. The molecule has 6 aromatic rings. The van der Waals surface area contributed by atoms with Crippen molar-refractivity contribution in [2.24, 2.45) is 0 Å². The number of rotatable bonds is 8. The number of carbonyl (C=O) groups is 1. The van der Waals surface area contributed by atoms with Crippen LogP contribution < -0.4 is 25.8 Å². The Bertz CT molecular complexity index is 1960. The van der Waals surface area contributed by atoms with Crippen LogP contribution in [0.4, 0.5) is 11.5 Å². The zero-order valence-electron chi connectivity index (χ0n) is 24.2. The van der Waals surface area contributed by atoms with Gasteiger partial charge in [0, 0.05) is 16.5 Å². The van der Waals surface area contributed by atoms with E-state index in [2.05, 4.69) is 25.6 Å². The molecule has 3 aromatic carbocycles. The molecule has 11 nitrogen and oxygen atoms in total. The quantitative estimate of drug-likeness (QED) is 0.187. The van der Waals surface area contributed by atoms with Gasteiger partial charge < -0.3 is 30.8 Å². The first-order valence-electron chi connectivity index (χ1n) is 14.6. The van der Waals surface area contributed by atoms with E-state index in [1.54, 1.807) is 19.2 Å². The fourth-order valence-corrected chi connectivity index (χ4v) is 5.75. The molecule has 0 bridgehead atoms. The second kappa shape index (κ2) is 11.7. The van der Waals surface area contributed by atoms with Gasteiger partial charge in [0.15, 0.2) is 5.65 Å². The number of nitrogens with zero attached hydrogens (tertiary/aromatic N) is 4. The van der Waals surface area contributed by atoms with Crippen LogP contribution >= 0.6 is 0 Å². The molecule has 0 spiro atoms. The molecule has 0 atom stereocenters. The lowest BCUT2D eigenvalue weighted by Gasteiger charge is -2.23. The Morgan fingerprint density at radius 1 is 1.02 bits per heavy atom. The van der Waals surface area contributed by atoms with Crippen LogP contribution in [-0.2, 0) is 6.61 Å². The van der Waals surface area contributed by atoms with Crippen LogP contribution in [0.15, 0.2) is 79.1 Å². The topological polar surface area (TPSA) is 145 Å². The summed E-state index contributed by atoms with van der Waals surface area (Å²) < 4.78 is 13.8. The van der Waals surface area contributed by atoms with Crippen molar-refractivity contribution in [2.75, 3.05) is 31.2 Å². The van der Waals surface area contributed by atoms with E-state index >= 15 is 0 Å². The number of benzene rings is 3. The number of piperidine rings is 1. The van der Waals surface area contributed by atoms with Gasteiger partial charge in [-0.05, 0) is 61.8 Å². The van der Waals surface area contributed by atoms with Crippen LogP contribution in [-0.4, -0.2) is 50.8 Å². The Labute approximate surface area is 253 Å². The lowest BCUT2D eigenvalue weighted by atomic mass is 10.1. The molecule has 5 N–H and O–H groups in total. The predicted octanol–water partition coefficient (Wildman–Crippen LogP) is 5.32. The first-order chi connectivity index (χ1) is 21.6. The number of fused-ring (bicyclic) bond motifs is 2. The number of anilines is 2. The van der Waals surface area contributed by atoms with E-state index in [0.29, 0.717) is 52.0 Å². The van der Waals surface area contributed by atoms with Gasteiger partial charge >= 0.3 is 0 Å². The minimum absolute atomic E-state index is 0.211. The molecule has 1 aliphatic heterocycles.